The zero-order valence-corrected chi connectivity index (χ0v) is 12.4. The zero-order chi connectivity index (χ0) is 15.2. The standard InChI is InChI=1S/C17H22O4/c1-12(2)20-17(19)21-15-10-8-14(9-11-15)16(18)13-6-4-3-5-7-13/h3-8,10,12,14-16,18H,9,11H2,1-2H3/t14-,15-,16+/m0/s1. The summed E-state index contributed by atoms with van der Waals surface area (Å²) in [5, 5.41) is 10.3. The lowest BCUT2D eigenvalue weighted by Crippen LogP contribution is -2.24. The highest BCUT2D eigenvalue weighted by Gasteiger charge is 2.25. The summed E-state index contributed by atoms with van der Waals surface area (Å²) < 4.78 is 10.2. The van der Waals surface area contributed by atoms with Crippen LogP contribution in [-0.4, -0.2) is 23.5 Å². The van der Waals surface area contributed by atoms with Gasteiger partial charge in [0.15, 0.2) is 0 Å². The molecule has 0 saturated heterocycles. The predicted octanol–water partition coefficient (Wildman–Crippen LogP) is 3.62. The maximum atomic E-state index is 11.4. The Balaban J connectivity index is 1.88. The predicted molar refractivity (Wildman–Crippen MR) is 79.8 cm³/mol. The molecule has 0 aromatic heterocycles. The van der Waals surface area contributed by atoms with Gasteiger partial charge in [0.25, 0.3) is 0 Å². The molecule has 0 saturated carbocycles. The quantitative estimate of drug-likeness (QED) is 0.679. The fourth-order valence-corrected chi connectivity index (χ4v) is 2.42. The molecule has 0 radical (unpaired) electrons. The van der Waals surface area contributed by atoms with Gasteiger partial charge in [-0.2, -0.15) is 0 Å². The molecule has 4 nitrogen and oxygen atoms in total. The summed E-state index contributed by atoms with van der Waals surface area (Å²) in [6.45, 7) is 3.56. The molecule has 0 fully saturated rings. The number of carbonyl (C=O) groups is 1. The van der Waals surface area contributed by atoms with Crippen LogP contribution < -0.4 is 0 Å². The summed E-state index contributed by atoms with van der Waals surface area (Å²) in [4.78, 5) is 11.4. The van der Waals surface area contributed by atoms with Crippen LogP contribution in [0.2, 0.25) is 0 Å². The molecule has 3 atom stereocenters. The number of aliphatic hydroxyl groups is 1. The van der Waals surface area contributed by atoms with Crippen LogP contribution in [0, 0.1) is 5.92 Å². The van der Waals surface area contributed by atoms with E-state index in [0.717, 1.165) is 12.0 Å². The summed E-state index contributed by atoms with van der Waals surface area (Å²) in [6, 6.07) is 9.59. The Morgan fingerprint density at radius 1 is 1.19 bits per heavy atom. The summed E-state index contributed by atoms with van der Waals surface area (Å²) in [6.07, 6.45) is 3.61. The van der Waals surface area contributed by atoms with Crippen LogP contribution in [0.25, 0.3) is 0 Å². The normalized spacial score (nSPS) is 22.9. The van der Waals surface area contributed by atoms with Crippen molar-refractivity contribution in [2.45, 2.75) is 45.0 Å². The van der Waals surface area contributed by atoms with E-state index in [1.807, 2.05) is 42.5 Å². The summed E-state index contributed by atoms with van der Waals surface area (Å²) >= 11 is 0. The highest BCUT2D eigenvalue weighted by atomic mass is 16.7. The van der Waals surface area contributed by atoms with E-state index >= 15 is 0 Å². The topological polar surface area (TPSA) is 55.8 Å². The van der Waals surface area contributed by atoms with Crippen molar-refractivity contribution >= 4 is 6.16 Å². The van der Waals surface area contributed by atoms with Gasteiger partial charge < -0.3 is 14.6 Å². The van der Waals surface area contributed by atoms with Crippen molar-refractivity contribution in [1.29, 1.82) is 0 Å². The van der Waals surface area contributed by atoms with Gasteiger partial charge in [0.05, 0.1) is 12.2 Å². The van der Waals surface area contributed by atoms with Crippen molar-refractivity contribution in [3.8, 4) is 0 Å². The van der Waals surface area contributed by atoms with Crippen molar-refractivity contribution in [1.82, 2.24) is 0 Å². The number of hydrogen-bond acceptors (Lipinski definition) is 4. The van der Waals surface area contributed by atoms with E-state index in [0.29, 0.717) is 6.42 Å². The van der Waals surface area contributed by atoms with Crippen molar-refractivity contribution in [3.05, 3.63) is 48.0 Å². The Bertz CT molecular complexity index is 481. The summed E-state index contributed by atoms with van der Waals surface area (Å²) in [5.74, 6) is 0.0494. The van der Waals surface area contributed by atoms with Gasteiger partial charge >= 0.3 is 6.16 Å². The highest BCUT2D eigenvalue weighted by Crippen LogP contribution is 2.31. The minimum Gasteiger partial charge on any atom is -0.432 e. The largest absolute Gasteiger partial charge is 0.509 e. The lowest BCUT2D eigenvalue weighted by Gasteiger charge is -2.26. The molecule has 4 heteroatoms. The molecule has 1 aliphatic rings. The molecule has 0 aliphatic heterocycles. The Morgan fingerprint density at radius 3 is 2.48 bits per heavy atom. The van der Waals surface area contributed by atoms with Crippen LogP contribution in [0.3, 0.4) is 0 Å². The zero-order valence-electron chi connectivity index (χ0n) is 12.4. The SMILES string of the molecule is CC(C)OC(=O)O[C@H]1C=C[C@H]([C@H](O)c2ccccc2)CC1. The van der Waals surface area contributed by atoms with Gasteiger partial charge in [-0.3, -0.25) is 0 Å². The average Bonchev–Trinajstić information content (AvgIpc) is 2.47. The molecule has 0 bridgehead atoms. The van der Waals surface area contributed by atoms with Crippen LogP contribution >= 0.6 is 0 Å². The molecule has 0 spiro atoms. The van der Waals surface area contributed by atoms with E-state index in [-0.39, 0.29) is 18.1 Å². The molecule has 1 aromatic carbocycles. The minimum absolute atomic E-state index is 0.0494. The number of rotatable bonds is 4. The molecular weight excluding hydrogens is 268 g/mol. The second kappa shape index (κ2) is 7.27. The molecule has 0 amide bonds. The van der Waals surface area contributed by atoms with Gasteiger partial charge in [-0.25, -0.2) is 4.79 Å². The van der Waals surface area contributed by atoms with Gasteiger partial charge in [-0.05, 0) is 38.3 Å². The third kappa shape index (κ3) is 4.60. The number of carbonyl (C=O) groups excluding carboxylic acids is 1. The smallest absolute Gasteiger partial charge is 0.432 e. The number of ether oxygens (including phenoxy) is 2. The van der Waals surface area contributed by atoms with E-state index in [2.05, 4.69) is 0 Å². The molecule has 2 rings (SSSR count). The Kier molecular flexibility index (Phi) is 5.39. The molecular formula is C17H22O4. The highest BCUT2D eigenvalue weighted by molar-refractivity contribution is 5.60. The van der Waals surface area contributed by atoms with Crippen molar-refractivity contribution in [3.63, 3.8) is 0 Å². The molecule has 0 unspecified atom stereocenters. The number of hydrogen-bond donors (Lipinski definition) is 1. The Labute approximate surface area is 125 Å². The van der Waals surface area contributed by atoms with Crippen LogP contribution in [0.1, 0.15) is 38.4 Å². The van der Waals surface area contributed by atoms with Crippen LogP contribution in [-0.2, 0) is 9.47 Å². The van der Waals surface area contributed by atoms with Crippen LogP contribution in [0.4, 0.5) is 4.79 Å². The summed E-state index contributed by atoms with van der Waals surface area (Å²) in [5.41, 5.74) is 0.908. The Morgan fingerprint density at radius 2 is 1.90 bits per heavy atom. The van der Waals surface area contributed by atoms with Gasteiger partial charge in [-0.15, -0.1) is 0 Å². The molecule has 114 valence electrons. The number of benzene rings is 1. The van der Waals surface area contributed by atoms with E-state index in [1.165, 1.54) is 0 Å². The first-order valence-electron chi connectivity index (χ1n) is 7.35. The van der Waals surface area contributed by atoms with Crippen LogP contribution in [0.15, 0.2) is 42.5 Å². The molecule has 1 aromatic rings. The third-order valence-electron chi connectivity index (χ3n) is 3.48. The minimum atomic E-state index is -0.637. The first-order chi connectivity index (χ1) is 10.1. The van der Waals surface area contributed by atoms with E-state index < -0.39 is 12.3 Å². The van der Waals surface area contributed by atoms with Crippen molar-refractivity contribution in [2.24, 2.45) is 5.92 Å². The van der Waals surface area contributed by atoms with Crippen LogP contribution in [0.5, 0.6) is 0 Å². The van der Waals surface area contributed by atoms with E-state index in [9.17, 15) is 9.90 Å². The molecule has 21 heavy (non-hydrogen) atoms. The van der Waals surface area contributed by atoms with E-state index in [4.69, 9.17) is 9.47 Å². The molecule has 1 aliphatic carbocycles. The lowest BCUT2D eigenvalue weighted by atomic mass is 9.86. The van der Waals surface area contributed by atoms with E-state index in [1.54, 1.807) is 13.8 Å². The van der Waals surface area contributed by atoms with Gasteiger partial charge in [0.1, 0.15) is 6.10 Å². The fourth-order valence-electron chi connectivity index (χ4n) is 2.42. The number of aliphatic hydroxyl groups excluding tert-OH is 1. The summed E-state index contributed by atoms with van der Waals surface area (Å²) in [7, 11) is 0. The lowest BCUT2D eigenvalue weighted by molar-refractivity contribution is 0.0119. The second-order valence-electron chi connectivity index (χ2n) is 5.55. The van der Waals surface area contributed by atoms with Crippen molar-refractivity contribution in [2.75, 3.05) is 0 Å². The first-order valence-corrected chi connectivity index (χ1v) is 7.35. The molecule has 0 heterocycles. The van der Waals surface area contributed by atoms with Crippen molar-refractivity contribution < 1.29 is 19.4 Å². The maximum Gasteiger partial charge on any atom is 0.509 e. The first kappa shape index (κ1) is 15.6. The monoisotopic (exact) mass is 290 g/mol. The third-order valence-corrected chi connectivity index (χ3v) is 3.48. The van der Waals surface area contributed by atoms with Gasteiger partial charge in [0.2, 0.25) is 0 Å². The van der Waals surface area contributed by atoms with Gasteiger partial charge in [0, 0.05) is 5.92 Å². The fraction of sp³-hybridized carbons (Fsp3) is 0.471. The second-order valence-corrected chi connectivity index (χ2v) is 5.55. The molecule has 1 N–H and O–H groups in total. The maximum absolute atomic E-state index is 11.4. The average molecular weight is 290 g/mol. The van der Waals surface area contributed by atoms with Gasteiger partial charge in [-0.1, -0.05) is 36.4 Å². The Hall–Kier alpha value is -1.81.